The van der Waals surface area contributed by atoms with E-state index in [4.69, 9.17) is 4.74 Å². The second-order valence-corrected chi connectivity index (χ2v) is 5.26. The molecule has 0 spiro atoms. The lowest BCUT2D eigenvalue weighted by Gasteiger charge is -2.29. The van der Waals surface area contributed by atoms with Crippen molar-refractivity contribution in [3.63, 3.8) is 0 Å². The minimum Gasteiger partial charge on any atom is -0.494 e. The lowest BCUT2D eigenvalue weighted by atomic mass is 9.86. The first-order valence-electron chi connectivity index (χ1n) is 6.70. The van der Waals surface area contributed by atoms with Crippen LogP contribution in [0.15, 0.2) is 18.2 Å². The smallest absolute Gasteiger partial charge is 0.119 e. The standard InChI is InChI=1S/C15H23NO/c1-4-7-17-14-5-6-15-12(9-14)8-13(10-16-15)11(2)3/h5-6,9,11,13,16H,4,7-8,10H2,1-3H3. The summed E-state index contributed by atoms with van der Waals surface area (Å²) in [6, 6.07) is 6.42. The van der Waals surface area contributed by atoms with Gasteiger partial charge in [-0.2, -0.15) is 0 Å². The van der Waals surface area contributed by atoms with Gasteiger partial charge in [0.15, 0.2) is 0 Å². The molecule has 0 saturated carbocycles. The molecule has 0 saturated heterocycles. The number of anilines is 1. The Labute approximate surface area is 104 Å². The summed E-state index contributed by atoms with van der Waals surface area (Å²) >= 11 is 0. The van der Waals surface area contributed by atoms with E-state index < -0.39 is 0 Å². The van der Waals surface area contributed by atoms with Gasteiger partial charge in [0, 0.05) is 12.2 Å². The van der Waals surface area contributed by atoms with Gasteiger partial charge in [-0.1, -0.05) is 20.8 Å². The highest BCUT2D eigenvalue weighted by Crippen LogP contribution is 2.31. The molecule has 1 aromatic rings. The van der Waals surface area contributed by atoms with Crippen molar-refractivity contribution in [3.05, 3.63) is 23.8 Å². The first kappa shape index (κ1) is 12.3. The van der Waals surface area contributed by atoms with Crippen molar-refractivity contribution in [2.45, 2.75) is 33.6 Å². The number of nitrogens with one attached hydrogen (secondary N) is 1. The molecule has 0 radical (unpaired) electrons. The molecule has 0 amide bonds. The SMILES string of the molecule is CCCOc1ccc2c(c1)CC(C(C)C)CN2. The molecule has 1 aliphatic rings. The zero-order valence-electron chi connectivity index (χ0n) is 11.1. The highest BCUT2D eigenvalue weighted by molar-refractivity contribution is 5.56. The molecule has 1 N–H and O–H groups in total. The number of hydrogen-bond donors (Lipinski definition) is 1. The molecule has 1 aliphatic heterocycles. The van der Waals surface area contributed by atoms with Crippen molar-refractivity contribution in [2.75, 3.05) is 18.5 Å². The molecule has 2 nitrogen and oxygen atoms in total. The Morgan fingerprint density at radius 2 is 2.24 bits per heavy atom. The molecule has 1 heterocycles. The second kappa shape index (κ2) is 5.44. The van der Waals surface area contributed by atoms with Crippen LogP contribution in [-0.4, -0.2) is 13.2 Å². The van der Waals surface area contributed by atoms with Gasteiger partial charge in [-0.3, -0.25) is 0 Å². The van der Waals surface area contributed by atoms with Gasteiger partial charge < -0.3 is 10.1 Å². The summed E-state index contributed by atoms with van der Waals surface area (Å²) in [7, 11) is 0. The topological polar surface area (TPSA) is 21.3 Å². The van der Waals surface area contributed by atoms with Crippen LogP contribution in [0.4, 0.5) is 5.69 Å². The van der Waals surface area contributed by atoms with Gasteiger partial charge in [-0.05, 0) is 48.4 Å². The Balaban J connectivity index is 2.11. The van der Waals surface area contributed by atoms with E-state index in [-0.39, 0.29) is 0 Å². The van der Waals surface area contributed by atoms with Crippen LogP contribution in [0.2, 0.25) is 0 Å². The van der Waals surface area contributed by atoms with Crippen LogP contribution >= 0.6 is 0 Å². The predicted molar refractivity (Wildman–Crippen MR) is 72.7 cm³/mol. The molecule has 1 aromatic carbocycles. The van der Waals surface area contributed by atoms with Gasteiger partial charge in [0.05, 0.1) is 6.61 Å². The molecule has 2 heteroatoms. The van der Waals surface area contributed by atoms with E-state index in [1.807, 2.05) is 0 Å². The molecule has 0 aliphatic carbocycles. The van der Waals surface area contributed by atoms with E-state index in [9.17, 15) is 0 Å². The summed E-state index contributed by atoms with van der Waals surface area (Å²) in [5, 5.41) is 3.52. The molecular weight excluding hydrogens is 210 g/mol. The first-order chi connectivity index (χ1) is 8.20. The lowest BCUT2D eigenvalue weighted by Crippen LogP contribution is -2.26. The number of fused-ring (bicyclic) bond motifs is 1. The van der Waals surface area contributed by atoms with Gasteiger partial charge in [0.1, 0.15) is 5.75 Å². The van der Waals surface area contributed by atoms with Gasteiger partial charge in [0.2, 0.25) is 0 Å². The summed E-state index contributed by atoms with van der Waals surface area (Å²) in [4.78, 5) is 0. The van der Waals surface area contributed by atoms with E-state index in [1.165, 1.54) is 17.7 Å². The normalized spacial score (nSPS) is 18.7. The minimum atomic E-state index is 0.732. The maximum atomic E-state index is 5.69. The third-order valence-electron chi connectivity index (χ3n) is 3.53. The highest BCUT2D eigenvalue weighted by Gasteiger charge is 2.21. The maximum Gasteiger partial charge on any atom is 0.119 e. The Morgan fingerprint density at radius 3 is 2.94 bits per heavy atom. The van der Waals surface area contributed by atoms with Crippen LogP contribution in [0.25, 0.3) is 0 Å². The van der Waals surface area contributed by atoms with Crippen LogP contribution in [0.3, 0.4) is 0 Å². The number of ether oxygens (including phenoxy) is 1. The third-order valence-corrected chi connectivity index (χ3v) is 3.53. The monoisotopic (exact) mass is 233 g/mol. The molecule has 94 valence electrons. The van der Waals surface area contributed by atoms with Crippen molar-refractivity contribution in [1.29, 1.82) is 0 Å². The molecule has 17 heavy (non-hydrogen) atoms. The summed E-state index contributed by atoms with van der Waals surface area (Å²) in [5.41, 5.74) is 2.69. The predicted octanol–water partition coefficient (Wildman–Crippen LogP) is 3.72. The molecule has 1 unspecified atom stereocenters. The van der Waals surface area contributed by atoms with Crippen LogP contribution < -0.4 is 10.1 Å². The molecule has 0 fully saturated rings. The second-order valence-electron chi connectivity index (χ2n) is 5.26. The fourth-order valence-corrected chi connectivity index (χ4v) is 2.29. The van der Waals surface area contributed by atoms with Gasteiger partial charge >= 0.3 is 0 Å². The van der Waals surface area contributed by atoms with E-state index >= 15 is 0 Å². The quantitative estimate of drug-likeness (QED) is 0.856. The molecular formula is C15H23NO. The zero-order chi connectivity index (χ0) is 12.3. The van der Waals surface area contributed by atoms with Gasteiger partial charge in [-0.15, -0.1) is 0 Å². The summed E-state index contributed by atoms with van der Waals surface area (Å²) in [5.74, 6) is 2.48. The average molecular weight is 233 g/mol. The molecule has 1 atom stereocenters. The van der Waals surface area contributed by atoms with Crippen LogP contribution in [0, 0.1) is 11.8 Å². The fourth-order valence-electron chi connectivity index (χ4n) is 2.29. The van der Waals surface area contributed by atoms with Crippen LogP contribution in [0.1, 0.15) is 32.8 Å². The van der Waals surface area contributed by atoms with Crippen LogP contribution in [0.5, 0.6) is 5.75 Å². The Kier molecular flexibility index (Phi) is 3.93. The number of benzene rings is 1. The van der Waals surface area contributed by atoms with Crippen molar-refractivity contribution < 1.29 is 4.74 Å². The van der Waals surface area contributed by atoms with Crippen molar-refractivity contribution in [1.82, 2.24) is 0 Å². The fraction of sp³-hybridized carbons (Fsp3) is 0.600. The number of hydrogen-bond acceptors (Lipinski definition) is 2. The molecule has 0 bridgehead atoms. The van der Waals surface area contributed by atoms with Crippen molar-refractivity contribution in [3.8, 4) is 5.75 Å². The van der Waals surface area contributed by atoms with E-state index in [0.717, 1.165) is 37.2 Å². The Bertz CT molecular complexity index is 373. The van der Waals surface area contributed by atoms with Gasteiger partial charge in [-0.25, -0.2) is 0 Å². The van der Waals surface area contributed by atoms with E-state index in [2.05, 4.69) is 44.3 Å². The minimum absolute atomic E-state index is 0.732. The third kappa shape index (κ3) is 2.93. The maximum absolute atomic E-state index is 5.69. The Morgan fingerprint density at radius 1 is 1.41 bits per heavy atom. The number of rotatable bonds is 4. The summed E-state index contributed by atoms with van der Waals surface area (Å²) < 4.78 is 5.69. The Hall–Kier alpha value is -1.18. The molecule has 0 aromatic heterocycles. The first-order valence-corrected chi connectivity index (χ1v) is 6.70. The van der Waals surface area contributed by atoms with Crippen molar-refractivity contribution in [2.24, 2.45) is 11.8 Å². The average Bonchev–Trinajstić information content (AvgIpc) is 2.35. The zero-order valence-corrected chi connectivity index (χ0v) is 11.1. The van der Waals surface area contributed by atoms with Crippen molar-refractivity contribution >= 4 is 5.69 Å². The van der Waals surface area contributed by atoms with Crippen LogP contribution in [-0.2, 0) is 6.42 Å². The lowest BCUT2D eigenvalue weighted by molar-refractivity contribution is 0.316. The molecule has 2 rings (SSSR count). The largest absolute Gasteiger partial charge is 0.494 e. The summed E-state index contributed by atoms with van der Waals surface area (Å²) in [6.07, 6.45) is 2.23. The van der Waals surface area contributed by atoms with E-state index in [1.54, 1.807) is 0 Å². The van der Waals surface area contributed by atoms with E-state index in [0.29, 0.717) is 0 Å². The van der Waals surface area contributed by atoms with Gasteiger partial charge in [0.25, 0.3) is 0 Å². The highest BCUT2D eigenvalue weighted by atomic mass is 16.5. The summed E-state index contributed by atoms with van der Waals surface area (Å²) in [6.45, 7) is 8.64.